The summed E-state index contributed by atoms with van der Waals surface area (Å²) in [5.74, 6) is 0.323. The first-order chi connectivity index (χ1) is 7.68. The van der Waals surface area contributed by atoms with Crippen LogP contribution in [0.1, 0.15) is 13.8 Å². The Labute approximate surface area is 93.1 Å². The van der Waals surface area contributed by atoms with Crippen molar-refractivity contribution in [1.82, 2.24) is 5.48 Å². The maximum Gasteiger partial charge on any atom is 0.255 e. The van der Waals surface area contributed by atoms with Gasteiger partial charge in [-0.15, -0.1) is 0 Å². The predicted molar refractivity (Wildman–Crippen MR) is 59.8 cm³/mol. The van der Waals surface area contributed by atoms with Gasteiger partial charge < -0.3 is 9.25 Å². The molecule has 16 heavy (non-hydrogen) atoms. The number of hydrogen-bond acceptors (Lipinski definition) is 3. The fraction of sp³-hybridized carbons (Fsp3) is 0.250. The van der Waals surface area contributed by atoms with Crippen molar-refractivity contribution in [3.05, 3.63) is 30.7 Å². The highest BCUT2D eigenvalue weighted by molar-refractivity contribution is 5.87. The number of furan rings is 1. The van der Waals surface area contributed by atoms with Gasteiger partial charge in [-0.1, -0.05) is 26.0 Å². The highest BCUT2D eigenvalue weighted by atomic mass is 16.7. The molecular weight excluding hydrogens is 206 g/mol. The van der Waals surface area contributed by atoms with Gasteiger partial charge in [0.05, 0.1) is 11.6 Å². The molecule has 0 fully saturated rings. The lowest BCUT2D eigenvalue weighted by Crippen LogP contribution is -2.30. The third-order valence-electron chi connectivity index (χ3n) is 2.27. The van der Waals surface area contributed by atoms with Gasteiger partial charge in [0.25, 0.3) is 5.91 Å². The molecule has 0 aliphatic heterocycles. The van der Waals surface area contributed by atoms with Crippen LogP contribution in [0, 0.1) is 5.92 Å². The van der Waals surface area contributed by atoms with Crippen molar-refractivity contribution < 1.29 is 14.0 Å². The van der Waals surface area contributed by atoms with E-state index in [4.69, 9.17) is 9.25 Å². The van der Waals surface area contributed by atoms with Crippen molar-refractivity contribution in [2.75, 3.05) is 0 Å². The highest BCUT2D eigenvalue weighted by Gasteiger charge is 2.09. The molecule has 2 aromatic rings. The van der Waals surface area contributed by atoms with E-state index in [1.807, 2.05) is 12.1 Å². The van der Waals surface area contributed by atoms with Gasteiger partial charge >= 0.3 is 0 Å². The minimum Gasteiger partial charge on any atom is -0.471 e. The van der Waals surface area contributed by atoms with E-state index in [0.29, 0.717) is 5.75 Å². The lowest BCUT2D eigenvalue weighted by molar-refractivity contribution is -0.130. The van der Waals surface area contributed by atoms with Gasteiger partial charge in [0, 0.05) is 11.3 Å². The van der Waals surface area contributed by atoms with Crippen LogP contribution in [0.25, 0.3) is 10.8 Å². The molecule has 4 heteroatoms. The molecule has 4 nitrogen and oxygen atoms in total. The second kappa shape index (κ2) is 4.26. The summed E-state index contributed by atoms with van der Waals surface area (Å²) in [5.41, 5.74) is 2.40. The lowest BCUT2D eigenvalue weighted by Gasteiger charge is -2.09. The van der Waals surface area contributed by atoms with E-state index in [0.717, 1.165) is 10.8 Å². The highest BCUT2D eigenvalue weighted by Crippen LogP contribution is 2.25. The van der Waals surface area contributed by atoms with Crippen LogP contribution in [0.15, 0.2) is 35.1 Å². The molecule has 0 bridgehead atoms. The summed E-state index contributed by atoms with van der Waals surface area (Å²) >= 11 is 0. The third-order valence-corrected chi connectivity index (χ3v) is 2.27. The van der Waals surface area contributed by atoms with Crippen LogP contribution in [0.3, 0.4) is 0 Å². The Morgan fingerprint density at radius 3 is 2.94 bits per heavy atom. The van der Waals surface area contributed by atoms with Gasteiger partial charge in [0.2, 0.25) is 0 Å². The number of hydroxylamine groups is 1. The first-order valence-corrected chi connectivity index (χ1v) is 5.10. The van der Waals surface area contributed by atoms with E-state index >= 15 is 0 Å². The summed E-state index contributed by atoms with van der Waals surface area (Å²) in [7, 11) is 0. The molecule has 1 N–H and O–H groups in total. The van der Waals surface area contributed by atoms with Crippen LogP contribution in [0.4, 0.5) is 0 Å². The number of amides is 1. The van der Waals surface area contributed by atoms with Crippen molar-refractivity contribution in [2.24, 2.45) is 5.92 Å². The zero-order chi connectivity index (χ0) is 11.5. The van der Waals surface area contributed by atoms with Gasteiger partial charge in [-0.2, -0.15) is 5.48 Å². The molecule has 1 amide bonds. The molecule has 0 atom stereocenters. The van der Waals surface area contributed by atoms with E-state index in [-0.39, 0.29) is 11.8 Å². The number of nitrogens with one attached hydrogen (secondary N) is 1. The Morgan fingerprint density at radius 2 is 2.19 bits per heavy atom. The first kappa shape index (κ1) is 10.5. The summed E-state index contributed by atoms with van der Waals surface area (Å²) in [5, 5.41) is 1.78. The van der Waals surface area contributed by atoms with Gasteiger partial charge in [-0.25, -0.2) is 0 Å². The Hall–Kier alpha value is -1.97. The minimum absolute atomic E-state index is 0.108. The van der Waals surface area contributed by atoms with Gasteiger partial charge in [0.15, 0.2) is 5.75 Å². The first-order valence-electron chi connectivity index (χ1n) is 5.10. The van der Waals surface area contributed by atoms with E-state index in [9.17, 15) is 4.79 Å². The number of carbonyl (C=O) groups is 1. The fourth-order valence-electron chi connectivity index (χ4n) is 1.28. The average molecular weight is 219 g/mol. The Bertz CT molecular complexity index is 502. The Morgan fingerprint density at radius 1 is 1.38 bits per heavy atom. The van der Waals surface area contributed by atoms with Crippen molar-refractivity contribution >= 4 is 16.7 Å². The Kier molecular flexibility index (Phi) is 2.81. The maximum absolute atomic E-state index is 11.3. The molecule has 0 saturated carbocycles. The molecule has 84 valence electrons. The van der Waals surface area contributed by atoms with Gasteiger partial charge in [-0.05, 0) is 6.07 Å². The van der Waals surface area contributed by atoms with Crippen LogP contribution >= 0.6 is 0 Å². The lowest BCUT2D eigenvalue weighted by atomic mass is 10.2. The van der Waals surface area contributed by atoms with Crippen molar-refractivity contribution in [2.45, 2.75) is 13.8 Å². The molecule has 0 radical (unpaired) electrons. The topological polar surface area (TPSA) is 51.5 Å². The number of fused-ring (bicyclic) bond motifs is 1. The zero-order valence-corrected chi connectivity index (χ0v) is 9.19. The van der Waals surface area contributed by atoms with Crippen LogP contribution < -0.4 is 10.3 Å². The van der Waals surface area contributed by atoms with E-state index < -0.39 is 0 Å². The zero-order valence-electron chi connectivity index (χ0n) is 9.19. The molecule has 1 aromatic heterocycles. The van der Waals surface area contributed by atoms with Crippen molar-refractivity contribution in [1.29, 1.82) is 0 Å². The largest absolute Gasteiger partial charge is 0.471 e. The van der Waals surface area contributed by atoms with Crippen molar-refractivity contribution in [3.8, 4) is 5.75 Å². The number of carbonyl (C=O) groups excluding carboxylic acids is 1. The number of benzene rings is 1. The van der Waals surface area contributed by atoms with Gasteiger partial charge in [0.1, 0.15) is 6.26 Å². The minimum atomic E-state index is -0.152. The standard InChI is InChI=1S/C12H13NO3/c1-8(2)12(14)13-16-11-5-3-4-9-6-15-7-10(9)11/h3-8H,1-2H3,(H,13,14). The summed E-state index contributed by atoms with van der Waals surface area (Å²) in [4.78, 5) is 16.6. The summed E-state index contributed by atoms with van der Waals surface area (Å²) in [6.07, 6.45) is 3.22. The van der Waals surface area contributed by atoms with E-state index in [1.165, 1.54) is 0 Å². The van der Waals surface area contributed by atoms with E-state index in [1.54, 1.807) is 32.4 Å². The molecule has 0 aliphatic rings. The number of rotatable bonds is 3. The van der Waals surface area contributed by atoms with Gasteiger partial charge in [-0.3, -0.25) is 4.79 Å². The molecule has 2 rings (SSSR count). The molecular formula is C12H13NO3. The third kappa shape index (κ3) is 2.00. The molecule has 0 aliphatic carbocycles. The average Bonchev–Trinajstić information content (AvgIpc) is 2.73. The number of hydrogen-bond donors (Lipinski definition) is 1. The quantitative estimate of drug-likeness (QED) is 0.807. The molecule has 1 heterocycles. The summed E-state index contributed by atoms with van der Waals surface area (Å²) in [6, 6.07) is 5.53. The fourth-order valence-corrected chi connectivity index (χ4v) is 1.28. The summed E-state index contributed by atoms with van der Waals surface area (Å²) in [6.45, 7) is 3.61. The second-order valence-corrected chi connectivity index (χ2v) is 3.85. The monoisotopic (exact) mass is 219 g/mol. The van der Waals surface area contributed by atoms with Crippen LogP contribution in [-0.4, -0.2) is 5.91 Å². The van der Waals surface area contributed by atoms with Crippen LogP contribution in [-0.2, 0) is 4.79 Å². The maximum atomic E-state index is 11.3. The Balaban J connectivity index is 2.15. The molecule has 0 spiro atoms. The van der Waals surface area contributed by atoms with Crippen LogP contribution in [0.5, 0.6) is 5.75 Å². The second-order valence-electron chi connectivity index (χ2n) is 3.85. The summed E-state index contributed by atoms with van der Waals surface area (Å²) < 4.78 is 5.07. The molecule has 1 aromatic carbocycles. The molecule has 0 unspecified atom stereocenters. The van der Waals surface area contributed by atoms with E-state index in [2.05, 4.69) is 5.48 Å². The predicted octanol–water partition coefficient (Wildman–Crippen LogP) is 2.50. The van der Waals surface area contributed by atoms with Crippen LogP contribution in [0.2, 0.25) is 0 Å². The SMILES string of the molecule is CC(C)C(=O)NOc1cccc2cocc12. The molecule has 0 saturated heterocycles. The smallest absolute Gasteiger partial charge is 0.255 e. The normalized spacial score (nSPS) is 10.7. The van der Waals surface area contributed by atoms with Crippen molar-refractivity contribution in [3.63, 3.8) is 0 Å².